The van der Waals surface area contributed by atoms with Crippen molar-refractivity contribution in [2.24, 2.45) is 28.7 Å². The van der Waals surface area contributed by atoms with E-state index in [-0.39, 0.29) is 35.5 Å². The van der Waals surface area contributed by atoms with Gasteiger partial charge in [0.05, 0.1) is 18.4 Å². The Balaban J connectivity index is 1.12. The topological polar surface area (TPSA) is 83.0 Å². The van der Waals surface area contributed by atoms with Gasteiger partial charge in [-0.1, -0.05) is 30.4 Å². The van der Waals surface area contributed by atoms with E-state index in [9.17, 15) is 9.59 Å². The Bertz CT molecular complexity index is 851. The minimum atomic E-state index is -0.105. The number of hydrogen-bond donors (Lipinski definition) is 2. The molecule has 166 valence electrons. The van der Waals surface area contributed by atoms with Crippen molar-refractivity contribution < 1.29 is 14.3 Å². The molecule has 31 heavy (non-hydrogen) atoms. The van der Waals surface area contributed by atoms with Crippen molar-refractivity contribution in [2.75, 3.05) is 33.3 Å². The molecule has 0 radical (unpaired) electrons. The lowest BCUT2D eigenvalue weighted by atomic mass is 9.85. The number of benzene rings is 1. The van der Waals surface area contributed by atoms with E-state index in [4.69, 9.17) is 4.74 Å². The Morgan fingerprint density at radius 3 is 2.35 bits per heavy atom. The van der Waals surface area contributed by atoms with E-state index in [2.05, 4.69) is 27.8 Å². The molecule has 0 aromatic heterocycles. The van der Waals surface area contributed by atoms with Crippen molar-refractivity contribution in [3.8, 4) is 5.75 Å². The molecule has 4 unspecified atom stereocenters. The van der Waals surface area contributed by atoms with Crippen molar-refractivity contribution in [1.29, 1.82) is 0 Å². The zero-order valence-corrected chi connectivity index (χ0v) is 18.3. The van der Waals surface area contributed by atoms with Crippen molar-refractivity contribution in [1.82, 2.24) is 15.5 Å². The van der Waals surface area contributed by atoms with E-state index < -0.39 is 0 Å². The number of carbonyl (C=O) groups excluding carboxylic acids is 2. The number of nitrogens with zero attached hydrogens (tertiary/aromatic N) is 2. The normalized spacial score (nSPS) is 26.5. The van der Waals surface area contributed by atoms with Crippen LogP contribution in [0.3, 0.4) is 0 Å². The summed E-state index contributed by atoms with van der Waals surface area (Å²) in [7, 11) is 1.73. The second-order valence-corrected chi connectivity index (χ2v) is 8.57. The molecule has 2 N–H and O–H groups in total. The third-order valence-electron chi connectivity index (χ3n) is 6.60. The van der Waals surface area contributed by atoms with Crippen molar-refractivity contribution >= 4 is 17.8 Å². The third kappa shape index (κ3) is 4.45. The van der Waals surface area contributed by atoms with E-state index in [0.717, 1.165) is 30.7 Å². The maximum Gasteiger partial charge on any atom is 0.233 e. The van der Waals surface area contributed by atoms with Gasteiger partial charge >= 0.3 is 0 Å². The Morgan fingerprint density at radius 2 is 1.71 bits per heavy atom. The SMILES string of the molecule is CN=C(NCCCOc1ccccc1C)NCCCN1C(=O)C2C3C=CC(C3)C2C1=O. The first kappa shape index (κ1) is 21.4. The van der Waals surface area contributed by atoms with Crippen LogP contribution in [0.4, 0.5) is 0 Å². The molecule has 2 amide bonds. The van der Waals surface area contributed by atoms with Gasteiger partial charge in [-0.25, -0.2) is 0 Å². The maximum absolute atomic E-state index is 12.7. The van der Waals surface area contributed by atoms with Crippen LogP contribution in [0.1, 0.15) is 24.8 Å². The van der Waals surface area contributed by atoms with Crippen molar-refractivity contribution in [3.05, 3.63) is 42.0 Å². The number of aliphatic imine (C=N–C) groups is 1. The van der Waals surface area contributed by atoms with E-state index in [1.807, 2.05) is 31.2 Å². The maximum atomic E-state index is 12.7. The highest BCUT2D eigenvalue weighted by Gasteiger charge is 2.58. The number of aryl methyl sites for hydroxylation is 1. The molecule has 1 heterocycles. The number of guanidine groups is 1. The predicted molar refractivity (Wildman–Crippen MR) is 120 cm³/mol. The van der Waals surface area contributed by atoms with Gasteiger partial charge in [-0.2, -0.15) is 0 Å². The fourth-order valence-corrected chi connectivity index (χ4v) is 5.03. The van der Waals surface area contributed by atoms with Crippen LogP contribution in [0, 0.1) is 30.6 Å². The fourth-order valence-electron chi connectivity index (χ4n) is 5.03. The second kappa shape index (κ2) is 9.54. The largest absolute Gasteiger partial charge is 0.493 e. The van der Waals surface area contributed by atoms with Gasteiger partial charge in [0.2, 0.25) is 11.8 Å². The summed E-state index contributed by atoms with van der Waals surface area (Å²) in [5.41, 5.74) is 1.13. The van der Waals surface area contributed by atoms with Gasteiger partial charge in [0.1, 0.15) is 5.75 Å². The molecule has 4 rings (SSSR count). The predicted octanol–water partition coefficient (Wildman–Crippen LogP) is 2.13. The molecule has 7 nitrogen and oxygen atoms in total. The molecular formula is C24H32N4O3. The van der Waals surface area contributed by atoms with Crippen LogP contribution in [-0.4, -0.2) is 56.0 Å². The second-order valence-electron chi connectivity index (χ2n) is 8.57. The van der Waals surface area contributed by atoms with E-state index in [1.165, 1.54) is 4.90 Å². The summed E-state index contributed by atoms with van der Waals surface area (Å²) in [5, 5.41) is 6.53. The highest BCUT2D eigenvalue weighted by Crippen LogP contribution is 2.52. The van der Waals surface area contributed by atoms with E-state index in [0.29, 0.717) is 32.1 Å². The van der Waals surface area contributed by atoms with Crippen LogP contribution in [0.2, 0.25) is 0 Å². The van der Waals surface area contributed by atoms with Crippen LogP contribution in [0.25, 0.3) is 0 Å². The van der Waals surface area contributed by atoms with Gasteiger partial charge in [0.15, 0.2) is 5.96 Å². The fraction of sp³-hybridized carbons (Fsp3) is 0.542. The van der Waals surface area contributed by atoms with Crippen molar-refractivity contribution in [3.63, 3.8) is 0 Å². The molecule has 2 bridgehead atoms. The zero-order chi connectivity index (χ0) is 21.8. The highest BCUT2D eigenvalue weighted by atomic mass is 16.5. The number of imide groups is 1. The molecule has 1 saturated carbocycles. The summed E-state index contributed by atoms with van der Waals surface area (Å²) in [4.78, 5) is 31.1. The minimum Gasteiger partial charge on any atom is -0.493 e. The van der Waals surface area contributed by atoms with Gasteiger partial charge in [0, 0.05) is 26.7 Å². The molecule has 0 spiro atoms. The molecule has 4 atom stereocenters. The number of rotatable bonds is 9. The summed E-state index contributed by atoms with van der Waals surface area (Å²) in [6, 6.07) is 7.99. The molecule has 1 saturated heterocycles. The molecule has 2 aliphatic carbocycles. The lowest BCUT2D eigenvalue weighted by Gasteiger charge is -2.18. The molecule has 7 heteroatoms. The van der Waals surface area contributed by atoms with E-state index >= 15 is 0 Å². The summed E-state index contributed by atoms with van der Waals surface area (Å²) >= 11 is 0. The minimum absolute atomic E-state index is 0.0306. The Morgan fingerprint density at radius 1 is 1.06 bits per heavy atom. The number of nitrogens with one attached hydrogen (secondary N) is 2. The smallest absolute Gasteiger partial charge is 0.233 e. The number of ether oxygens (including phenoxy) is 1. The van der Waals surface area contributed by atoms with Gasteiger partial charge in [-0.3, -0.25) is 19.5 Å². The van der Waals surface area contributed by atoms with Gasteiger partial charge < -0.3 is 15.4 Å². The molecule has 1 aliphatic heterocycles. The molecule has 1 aromatic rings. The first-order chi connectivity index (χ1) is 15.1. The lowest BCUT2D eigenvalue weighted by Crippen LogP contribution is -2.40. The van der Waals surface area contributed by atoms with Gasteiger partial charge in [0.25, 0.3) is 0 Å². The number of amides is 2. The van der Waals surface area contributed by atoms with Crippen molar-refractivity contribution in [2.45, 2.75) is 26.2 Å². The van der Waals surface area contributed by atoms with Gasteiger partial charge in [-0.05, 0) is 49.7 Å². The Hall–Kier alpha value is -2.83. The van der Waals surface area contributed by atoms with Crippen LogP contribution in [0.5, 0.6) is 5.75 Å². The number of para-hydroxylation sites is 1. The van der Waals surface area contributed by atoms with Crippen LogP contribution in [0.15, 0.2) is 41.4 Å². The highest BCUT2D eigenvalue weighted by molar-refractivity contribution is 6.06. The first-order valence-electron chi connectivity index (χ1n) is 11.3. The number of fused-ring (bicyclic) bond motifs is 5. The summed E-state index contributed by atoms with van der Waals surface area (Å²) < 4.78 is 5.80. The molecule has 2 fully saturated rings. The molecular weight excluding hydrogens is 392 g/mol. The Kier molecular flexibility index (Phi) is 6.59. The van der Waals surface area contributed by atoms with E-state index in [1.54, 1.807) is 7.05 Å². The summed E-state index contributed by atoms with van der Waals surface area (Å²) in [5.74, 6) is 2.03. The lowest BCUT2D eigenvalue weighted by molar-refractivity contribution is -0.140. The number of allylic oxidation sites excluding steroid dienone is 2. The standard InChI is InChI=1S/C24H32N4O3/c1-16-7-3-4-8-19(16)31-14-6-12-27-24(25-2)26-11-5-13-28-22(29)20-17-9-10-18(15-17)21(20)23(28)30/h3-4,7-10,17-18,20-21H,5-6,11-15H2,1-2H3,(H2,25,26,27). The first-order valence-corrected chi connectivity index (χ1v) is 11.3. The third-order valence-corrected chi connectivity index (χ3v) is 6.60. The monoisotopic (exact) mass is 424 g/mol. The van der Waals surface area contributed by atoms with Crippen LogP contribution in [-0.2, 0) is 9.59 Å². The number of carbonyl (C=O) groups is 2. The average molecular weight is 425 g/mol. The van der Waals surface area contributed by atoms with Crippen LogP contribution < -0.4 is 15.4 Å². The number of likely N-dealkylation sites (tertiary alicyclic amines) is 1. The summed E-state index contributed by atoms with van der Waals surface area (Å²) in [6.07, 6.45) is 6.79. The zero-order valence-electron chi connectivity index (χ0n) is 18.3. The quantitative estimate of drug-likeness (QED) is 0.209. The van der Waals surface area contributed by atoms with Gasteiger partial charge in [-0.15, -0.1) is 0 Å². The molecule has 1 aromatic carbocycles. The summed E-state index contributed by atoms with van der Waals surface area (Å²) in [6.45, 7) is 4.53. The molecule has 3 aliphatic rings. The Labute approximate surface area is 183 Å². The number of hydrogen-bond acceptors (Lipinski definition) is 4. The van der Waals surface area contributed by atoms with Crippen LogP contribution >= 0.6 is 0 Å². The average Bonchev–Trinajstić information content (AvgIpc) is 3.45.